The van der Waals surface area contributed by atoms with E-state index in [9.17, 15) is 0 Å². The van der Waals surface area contributed by atoms with Gasteiger partial charge in [-0.05, 0) is 104 Å². The van der Waals surface area contributed by atoms with Gasteiger partial charge in [0, 0.05) is 16.6 Å². The number of hydrogen-bond acceptors (Lipinski definition) is 2. The molecule has 0 fully saturated rings. The predicted octanol–water partition coefficient (Wildman–Crippen LogP) is 14.4. The molecule has 0 spiro atoms. The molecule has 0 N–H and O–H groups in total. The van der Waals surface area contributed by atoms with Crippen molar-refractivity contribution < 1.29 is 4.42 Å². The van der Waals surface area contributed by atoms with Crippen molar-refractivity contribution in [1.29, 1.82) is 0 Å². The van der Waals surface area contributed by atoms with Crippen molar-refractivity contribution in [3.63, 3.8) is 0 Å². The van der Waals surface area contributed by atoms with E-state index in [0.717, 1.165) is 44.6 Å². The standard InChI is InChI=1S/C50H33NO/c1-3-12-34(13-4-1)37-24-25-39-31-40(27-26-38(39)30-37)41-23-22-35-28-29-43(33-42(35)32-41)51(46-18-9-7-16-44(46)36-14-5-2-6-15-36)47-19-11-21-49-50(47)45-17-8-10-20-48(45)52-49/h1-33H. The highest BCUT2D eigenvalue weighted by Gasteiger charge is 2.22. The first-order valence-corrected chi connectivity index (χ1v) is 17.8. The van der Waals surface area contributed by atoms with E-state index in [-0.39, 0.29) is 0 Å². The maximum absolute atomic E-state index is 6.40. The summed E-state index contributed by atoms with van der Waals surface area (Å²) in [4.78, 5) is 2.40. The molecule has 244 valence electrons. The van der Waals surface area contributed by atoms with E-state index in [1.54, 1.807) is 0 Å². The minimum Gasteiger partial charge on any atom is -0.456 e. The van der Waals surface area contributed by atoms with Gasteiger partial charge in [0.15, 0.2) is 0 Å². The van der Waals surface area contributed by atoms with Crippen LogP contribution in [0.25, 0.3) is 76.9 Å². The van der Waals surface area contributed by atoms with Crippen molar-refractivity contribution in [3.05, 3.63) is 200 Å². The van der Waals surface area contributed by atoms with Gasteiger partial charge < -0.3 is 9.32 Å². The normalized spacial score (nSPS) is 11.5. The van der Waals surface area contributed by atoms with Crippen molar-refractivity contribution in [1.82, 2.24) is 0 Å². The Morgan fingerprint density at radius 2 is 0.885 bits per heavy atom. The summed E-state index contributed by atoms with van der Waals surface area (Å²) >= 11 is 0. The third kappa shape index (κ3) is 5.21. The van der Waals surface area contributed by atoms with Crippen molar-refractivity contribution in [2.45, 2.75) is 0 Å². The second-order valence-electron chi connectivity index (χ2n) is 13.4. The Hall–Kier alpha value is -6.90. The molecule has 0 unspecified atom stereocenters. The van der Waals surface area contributed by atoms with Crippen LogP contribution in [0, 0.1) is 0 Å². The quantitative estimate of drug-likeness (QED) is 0.176. The molecule has 10 aromatic rings. The molecule has 0 aliphatic rings. The molecule has 10 rings (SSSR count). The molecule has 0 radical (unpaired) electrons. The average molecular weight is 664 g/mol. The number of benzene rings is 9. The van der Waals surface area contributed by atoms with Gasteiger partial charge in [-0.2, -0.15) is 0 Å². The van der Waals surface area contributed by atoms with E-state index >= 15 is 0 Å². The Morgan fingerprint density at radius 3 is 1.65 bits per heavy atom. The average Bonchev–Trinajstić information content (AvgIpc) is 3.61. The lowest BCUT2D eigenvalue weighted by molar-refractivity contribution is 0.669. The van der Waals surface area contributed by atoms with E-state index in [1.807, 2.05) is 12.1 Å². The van der Waals surface area contributed by atoms with Crippen LogP contribution in [-0.2, 0) is 0 Å². The Morgan fingerprint density at radius 1 is 0.327 bits per heavy atom. The topological polar surface area (TPSA) is 16.4 Å². The summed E-state index contributed by atoms with van der Waals surface area (Å²) in [7, 11) is 0. The molecule has 0 aliphatic heterocycles. The van der Waals surface area contributed by atoms with E-state index in [1.165, 1.54) is 49.4 Å². The summed E-state index contributed by atoms with van der Waals surface area (Å²) in [5.41, 5.74) is 12.2. The molecule has 1 heterocycles. The first-order valence-electron chi connectivity index (χ1n) is 17.8. The molecular weight excluding hydrogens is 631 g/mol. The van der Waals surface area contributed by atoms with Crippen LogP contribution in [0.15, 0.2) is 205 Å². The molecule has 0 amide bonds. The van der Waals surface area contributed by atoms with E-state index < -0.39 is 0 Å². The van der Waals surface area contributed by atoms with Gasteiger partial charge in [0.1, 0.15) is 11.2 Å². The molecule has 0 saturated heterocycles. The van der Waals surface area contributed by atoms with Crippen LogP contribution in [0.2, 0.25) is 0 Å². The molecule has 9 aromatic carbocycles. The maximum Gasteiger partial charge on any atom is 0.137 e. The summed E-state index contributed by atoms with van der Waals surface area (Å²) in [5.74, 6) is 0. The minimum atomic E-state index is 0.871. The van der Waals surface area contributed by atoms with Crippen LogP contribution in [0.5, 0.6) is 0 Å². The van der Waals surface area contributed by atoms with E-state index in [2.05, 4.69) is 193 Å². The van der Waals surface area contributed by atoms with Gasteiger partial charge >= 0.3 is 0 Å². The van der Waals surface area contributed by atoms with Gasteiger partial charge in [-0.15, -0.1) is 0 Å². The van der Waals surface area contributed by atoms with Crippen molar-refractivity contribution in [3.8, 4) is 33.4 Å². The first kappa shape index (κ1) is 30.0. The number of nitrogens with zero attached hydrogens (tertiary/aromatic N) is 1. The van der Waals surface area contributed by atoms with Crippen LogP contribution >= 0.6 is 0 Å². The minimum absolute atomic E-state index is 0.871. The molecular formula is C50H33NO. The highest BCUT2D eigenvalue weighted by molar-refractivity contribution is 6.14. The number of anilines is 3. The summed E-state index contributed by atoms with van der Waals surface area (Å²) in [5, 5.41) is 7.05. The van der Waals surface area contributed by atoms with E-state index in [0.29, 0.717) is 0 Å². The fraction of sp³-hybridized carbons (Fsp3) is 0. The van der Waals surface area contributed by atoms with Crippen LogP contribution in [0.3, 0.4) is 0 Å². The lowest BCUT2D eigenvalue weighted by Gasteiger charge is -2.29. The van der Waals surface area contributed by atoms with Crippen molar-refractivity contribution in [2.24, 2.45) is 0 Å². The molecule has 0 saturated carbocycles. The second kappa shape index (κ2) is 12.5. The summed E-state index contributed by atoms with van der Waals surface area (Å²) in [6, 6.07) is 71.8. The molecule has 52 heavy (non-hydrogen) atoms. The SMILES string of the molecule is c1ccc(-c2ccc3cc(-c4ccc5ccc(N(c6ccccc6-c6ccccc6)c6cccc7oc8ccccc8c67)cc5c4)ccc3c2)cc1. The van der Waals surface area contributed by atoms with Gasteiger partial charge in [-0.25, -0.2) is 0 Å². The lowest BCUT2D eigenvalue weighted by Crippen LogP contribution is -2.11. The number of para-hydroxylation sites is 2. The lowest BCUT2D eigenvalue weighted by atomic mass is 9.96. The number of furan rings is 1. The number of fused-ring (bicyclic) bond motifs is 5. The van der Waals surface area contributed by atoms with Gasteiger partial charge in [0.2, 0.25) is 0 Å². The maximum atomic E-state index is 6.40. The molecule has 1 aromatic heterocycles. The van der Waals surface area contributed by atoms with Crippen LogP contribution < -0.4 is 4.90 Å². The third-order valence-corrected chi connectivity index (χ3v) is 10.2. The molecule has 2 nitrogen and oxygen atoms in total. The second-order valence-corrected chi connectivity index (χ2v) is 13.4. The largest absolute Gasteiger partial charge is 0.456 e. The van der Waals surface area contributed by atoms with Crippen LogP contribution in [0.4, 0.5) is 17.1 Å². The fourth-order valence-corrected chi connectivity index (χ4v) is 7.67. The molecule has 0 bridgehead atoms. The van der Waals surface area contributed by atoms with Crippen molar-refractivity contribution in [2.75, 3.05) is 4.90 Å². The van der Waals surface area contributed by atoms with Crippen LogP contribution in [-0.4, -0.2) is 0 Å². The smallest absolute Gasteiger partial charge is 0.137 e. The zero-order valence-corrected chi connectivity index (χ0v) is 28.4. The van der Waals surface area contributed by atoms with Crippen molar-refractivity contribution >= 4 is 60.5 Å². The molecule has 2 heteroatoms. The Labute approximate surface area is 302 Å². The Bertz CT molecular complexity index is 2910. The third-order valence-electron chi connectivity index (χ3n) is 10.2. The van der Waals surface area contributed by atoms with Gasteiger partial charge in [-0.1, -0.05) is 146 Å². The highest BCUT2D eigenvalue weighted by atomic mass is 16.3. The number of hydrogen-bond donors (Lipinski definition) is 0. The summed E-state index contributed by atoms with van der Waals surface area (Å²) in [6.07, 6.45) is 0. The highest BCUT2D eigenvalue weighted by Crippen LogP contribution is 2.46. The zero-order chi connectivity index (χ0) is 34.4. The van der Waals surface area contributed by atoms with Gasteiger partial charge in [0.25, 0.3) is 0 Å². The Kier molecular flexibility index (Phi) is 7.18. The predicted molar refractivity (Wildman–Crippen MR) is 220 cm³/mol. The summed E-state index contributed by atoms with van der Waals surface area (Å²) < 4.78 is 6.40. The Balaban J connectivity index is 1.13. The zero-order valence-electron chi connectivity index (χ0n) is 28.4. The monoisotopic (exact) mass is 663 g/mol. The number of rotatable bonds is 6. The van der Waals surface area contributed by atoms with E-state index in [4.69, 9.17) is 4.42 Å². The van der Waals surface area contributed by atoms with Crippen LogP contribution in [0.1, 0.15) is 0 Å². The van der Waals surface area contributed by atoms with Gasteiger partial charge in [-0.3, -0.25) is 0 Å². The molecule has 0 atom stereocenters. The van der Waals surface area contributed by atoms with Gasteiger partial charge in [0.05, 0.1) is 16.8 Å². The fourth-order valence-electron chi connectivity index (χ4n) is 7.67. The molecule has 0 aliphatic carbocycles. The first-order chi connectivity index (χ1) is 25.8. The summed E-state index contributed by atoms with van der Waals surface area (Å²) in [6.45, 7) is 0.